The number of fused-ring (bicyclic) bond motifs is 1. The van der Waals surface area contributed by atoms with Crippen LogP contribution < -0.4 is 19.6 Å². The van der Waals surface area contributed by atoms with Crippen molar-refractivity contribution in [1.82, 2.24) is 4.57 Å². The summed E-state index contributed by atoms with van der Waals surface area (Å²) in [4.78, 5) is 31.3. The number of nitrogens with zero attached hydrogens (tertiary/aromatic N) is 2. The summed E-state index contributed by atoms with van der Waals surface area (Å²) >= 11 is 1.26. The monoisotopic (exact) mass is 438 g/mol. The van der Waals surface area contributed by atoms with E-state index in [9.17, 15) is 9.59 Å². The first kappa shape index (κ1) is 20.9. The Morgan fingerprint density at radius 1 is 1.23 bits per heavy atom. The Morgan fingerprint density at radius 2 is 1.97 bits per heavy atom. The summed E-state index contributed by atoms with van der Waals surface area (Å²) < 4.78 is 18.2. The third-order valence-electron chi connectivity index (χ3n) is 4.98. The molecule has 160 valence electrons. The van der Waals surface area contributed by atoms with Crippen LogP contribution in [-0.4, -0.2) is 24.3 Å². The minimum Gasteiger partial charge on any atom is -0.497 e. The molecule has 0 N–H and O–H groups in total. The predicted molar refractivity (Wildman–Crippen MR) is 117 cm³/mol. The van der Waals surface area contributed by atoms with Gasteiger partial charge in [-0.05, 0) is 50.6 Å². The fourth-order valence-electron chi connectivity index (χ4n) is 3.55. The van der Waals surface area contributed by atoms with E-state index in [1.165, 1.54) is 11.3 Å². The van der Waals surface area contributed by atoms with E-state index in [2.05, 4.69) is 4.99 Å². The molecule has 3 aromatic rings. The summed E-state index contributed by atoms with van der Waals surface area (Å²) in [5, 5.41) is 0. The van der Waals surface area contributed by atoms with Gasteiger partial charge in [0.1, 0.15) is 17.3 Å². The predicted octanol–water partition coefficient (Wildman–Crippen LogP) is 2.71. The maximum Gasteiger partial charge on any atom is 0.338 e. The van der Waals surface area contributed by atoms with Gasteiger partial charge < -0.3 is 13.9 Å². The van der Waals surface area contributed by atoms with Crippen molar-refractivity contribution in [1.29, 1.82) is 0 Å². The van der Waals surface area contributed by atoms with Crippen molar-refractivity contribution in [3.05, 3.63) is 84.4 Å². The van der Waals surface area contributed by atoms with Crippen LogP contribution in [0.25, 0.3) is 6.08 Å². The number of allylic oxidation sites excluding steroid dienone is 1. The summed E-state index contributed by atoms with van der Waals surface area (Å²) in [6.07, 6.45) is 1.70. The van der Waals surface area contributed by atoms with Gasteiger partial charge in [0.2, 0.25) is 0 Å². The molecule has 4 rings (SSSR count). The second kappa shape index (κ2) is 8.39. The number of benzene rings is 1. The van der Waals surface area contributed by atoms with E-state index >= 15 is 0 Å². The van der Waals surface area contributed by atoms with Crippen LogP contribution in [0.3, 0.4) is 0 Å². The van der Waals surface area contributed by atoms with Crippen LogP contribution in [0.2, 0.25) is 0 Å². The van der Waals surface area contributed by atoms with Crippen LogP contribution in [0, 0.1) is 6.92 Å². The largest absolute Gasteiger partial charge is 0.497 e. The second-order valence-corrected chi connectivity index (χ2v) is 8.03. The van der Waals surface area contributed by atoms with E-state index < -0.39 is 12.0 Å². The molecule has 1 aliphatic heterocycles. The molecule has 0 radical (unpaired) electrons. The number of rotatable bonds is 5. The van der Waals surface area contributed by atoms with Crippen LogP contribution in [0.1, 0.15) is 37.0 Å². The van der Waals surface area contributed by atoms with Crippen molar-refractivity contribution in [3.8, 4) is 5.75 Å². The van der Waals surface area contributed by atoms with Gasteiger partial charge in [-0.2, -0.15) is 0 Å². The van der Waals surface area contributed by atoms with E-state index in [1.807, 2.05) is 31.2 Å². The average molecular weight is 439 g/mol. The molecule has 7 nitrogen and oxygen atoms in total. The first-order valence-corrected chi connectivity index (χ1v) is 10.6. The van der Waals surface area contributed by atoms with E-state index in [0.717, 1.165) is 11.3 Å². The zero-order valence-electron chi connectivity index (χ0n) is 17.7. The van der Waals surface area contributed by atoms with Gasteiger partial charge in [0.25, 0.3) is 5.56 Å². The van der Waals surface area contributed by atoms with Gasteiger partial charge in [0.15, 0.2) is 4.80 Å². The number of hydrogen-bond acceptors (Lipinski definition) is 7. The van der Waals surface area contributed by atoms with E-state index in [4.69, 9.17) is 13.9 Å². The molecule has 0 amide bonds. The van der Waals surface area contributed by atoms with Gasteiger partial charge in [-0.25, -0.2) is 9.79 Å². The fourth-order valence-corrected chi connectivity index (χ4v) is 4.58. The molecule has 1 aliphatic rings. The highest BCUT2D eigenvalue weighted by Crippen LogP contribution is 2.31. The van der Waals surface area contributed by atoms with Gasteiger partial charge in [0, 0.05) is 6.08 Å². The van der Waals surface area contributed by atoms with E-state index in [1.54, 1.807) is 43.7 Å². The molecule has 0 fully saturated rings. The zero-order chi connectivity index (χ0) is 22.1. The molecule has 2 aromatic heterocycles. The standard InChI is InChI=1S/C23H22N2O5S/c1-5-29-22(27)19-14(3)24-23-25(20(19)15-7-10-16(28-4)11-8-15)21(26)18(31-23)12-17-9-6-13(2)30-17/h6-12,20H,5H2,1-4H3/b18-12-. The number of methoxy groups -OCH3 is 1. The Kier molecular flexibility index (Phi) is 5.65. The Balaban J connectivity index is 1.94. The Hall–Kier alpha value is -3.39. The summed E-state index contributed by atoms with van der Waals surface area (Å²) in [6, 6.07) is 10.3. The zero-order valence-corrected chi connectivity index (χ0v) is 18.5. The summed E-state index contributed by atoms with van der Waals surface area (Å²) in [5.74, 6) is 1.55. The van der Waals surface area contributed by atoms with Crippen molar-refractivity contribution in [2.24, 2.45) is 4.99 Å². The van der Waals surface area contributed by atoms with Crippen molar-refractivity contribution in [3.63, 3.8) is 0 Å². The van der Waals surface area contributed by atoms with Crippen LogP contribution in [0.4, 0.5) is 0 Å². The molecule has 1 aromatic carbocycles. The minimum absolute atomic E-state index is 0.229. The van der Waals surface area contributed by atoms with Gasteiger partial charge in [-0.1, -0.05) is 23.5 Å². The summed E-state index contributed by atoms with van der Waals surface area (Å²) in [7, 11) is 1.59. The molecule has 1 unspecified atom stereocenters. The maximum absolute atomic E-state index is 13.4. The fraction of sp³-hybridized carbons (Fsp3) is 0.261. The second-order valence-electron chi connectivity index (χ2n) is 7.02. The van der Waals surface area contributed by atoms with E-state index in [-0.39, 0.29) is 12.2 Å². The molecule has 0 bridgehead atoms. The highest BCUT2D eigenvalue weighted by Gasteiger charge is 2.33. The van der Waals surface area contributed by atoms with Crippen molar-refractivity contribution in [2.45, 2.75) is 26.8 Å². The third kappa shape index (κ3) is 3.86. The van der Waals surface area contributed by atoms with Crippen LogP contribution in [0.5, 0.6) is 5.75 Å². The number of carbonyl (C=O) groups is 1. The molecule has 0 saturated carbocycles. The van der Waals surface area contributed by atoms with Crippen molar-refractivity contribution < 1.29 is 18.7 Å². The van der Waals surface area contributed by atoms with Crippen LogP contribution in [0.15, 0.2) is 61.9 Å². The lowest BCUT2D eigenvalue weighted by atomic mass is 9.96. The quantitative estimate of drug-likeness (QED) is 0.572. The molecule has 0 spiro atoms. The van der Waals surface area contributed by atoms with Gasteiger partial charge >= 0.3 is 5.97 Å². The number of aromatic nitrogens is 1. The first-order valence-electron chi connectivity index (χ1n) is 9.83. The molecule has 8 heteroatoms. The third-order valence-corrected chi connectivity index (χ3v) is 5.97. The van der Waals surface area contributed by atoms with Gasteiger partial charge in [0.05, 0.1) is 35.6 Å². The number of furan rings is 1. The van der Waals surface area contributed by atoms with Gasteiger partial charge in [-0.15, -0.1) is 0 Å². The highest BCUT2D eigenvalue weighted by molar-refractivity contribution is 7.07. The Morgan fingerprint density at radius 3 is 2.58 bits per heavy atom. The number of carbonyl (C=O) groups excluding carboxylic acids is 1. The molecule has 3 heterocycles. The summed E-state index contributed by atoms with van der Waals surface area (Å²) in [5.41, 5.74) is 1.40. The van der Waals surface area contributed by atoms with Gasteiger partial charge in [-0.3, -0.25) is 9.36 Å². The number of esters is 1. The molecule has 31 heavy (non-hydrogen) atoms. The lowest BCUT2D eigenvalue weighted by Crippen LogP contribution is -2.39. The number of thiazole rings is 1. The van der Waals surface area contributed by atoms with Crippen molar-refractivity contribution in [2.75, 3.05) is 13.7 Å². The molecular formula is C23H22N2O5S. The average Bonchev–Trinajstić information content (AvgIpc) is 3.30. The number of hydrogen-bond donors (Lipinski definition) is 0. The summed E-state index contributed by atoms with van der Waals surface area (Å²) in [6.45, 7) is 5.58. The number of aryl methyl sites for hydroxylation is 1. The minimum atomic E-state index is -0.651. The highest BCUT2D eigenvalue weighted by atomic mass is 32.1. The molecule has 0 saturated heterocycles. The molecular weight excluding hydrogens is 416 g/mol. The molecule has 1 atom stereocenters. The maximum atomic E-state index is 13.4. The lowest BCUT2D eigenvalue weighted by Gasteiger charge is -2.24. The topological polar surface area (TPSA) is 83.0 Å². The first-order chi connectivity index (χ1) is 14.9. The lowest BCUT2D eigenvalue weighted by molar-refractivity contribution is -0.139. The normalized spacial score (nSPS) is 16.1. The SMILES string of the molecule is CCOC(=O)C1=C(C)N=c2s/c(=C\c3ccc(C)o3)c(=O)n2C1c1ccc(OC)cc1. The van der Waals surface area contributed by atoms with E-state index in [0.29, 0.717) is 32.1 Å². The number of ether oxygens (including phenoxy) is 2. The Bertz CT molecular complexity index is 1340. The van der Waals surface area contributed by atoms with Crippen molar-refractivity contribution >= 4 is 23.4 Å². The smallest absolute Gasteiger partial charge is 0.338 e. The van der Waals surface area contributed by atoms with Crippen LogP contribution >= 0.6 is 11.3 Å². The Labute approximate surface area is 182 Å². The molecule has 0 aliphatic carbocycles. The van der Waals surface area contributed by atoms with Crippen LogP contribution in [-0.2, 0) is 9.53 Å².